The SMILES string of the molecule is CC1(C)OB(/C=C/c2nn(C3CCCCO3)c3ccc(Cl)nc23)OC1(C)C. The fourth-order valence-corrected chi connectivity index (χ4v) is 3.55. The van der Waals surface area contributed by atoms with Crippen molar-refractivity contribution in [3.8, 4) is 0 Å². The molecule has 6 nitrogen and oxygen atoms in total. The van der Waals surface area contributed by atoms with Crippen LogP contribution < -0.4 is 0 Å². The lowest BCUT2D eigenvalue weighted by atomic mass is 9.89. The number of hydrogen-bond acceptors (Lipinski definition) is 5. The Hall–Kier alpha value is -1.41. The third-order valence-electron chi connectivity index (χ3n) is 5.66. The first-order chi connectivity index (χ1) is 12.8. The molecule has 4 rings (SSSR count). The number of pyridine rings is 1. The van der Waals surface area contributed by atoms with E-state index in [1.165, 1.54) is 0 Å². The van der Waals surface area contributed by atoms with Crippen LogP contribution in [0.25, 0.3) is 17.1 Å². The van der Waals surface area contributed by atoms with Crippen LogP contribution in [0.3, 0.4) is 0 Å². The second kappa shape index (κ2) is 6.89. The molecule has 8 heteroatoms. The van der Waals surface area contributed by atoms with Crippen molar-refractivity contribution >= 4 is 35.8 Å². The van der Waals surface area contributed by atoms with Crippen LogP contribution in [0.15, 0.2) is 18.1 Å². The zero-order chi connectivity index (χ0) is 19.2. The molecule has 0 radical (unpaired) electrons. The third kappa shape index (κ3) is 3.54. The van der Waals surface area contributed by atoms with Gasteiger partial charge in [0.2, 0.25) is 0 Å². The summed E-state index contributed by atoms with van der Waals surface area (Å²) in [5, 5.41) is 5.20. The van der Waals surface area contributed by atoms with Crippen molar-refractivity contribution in [2.24, 2.45) is 0 Å². The largest absolute Gasteiger partial charge is 0.487 e. The van der Waals surface area contributed by atoms with E-state index in [0.29, 0.717) is 5.15 Å². The summed E-state index contributed by atoms with van der Waals surface area (Å²) < 4.78 is 19.9. The highest BCUT2D eigenvalue weighted by Gasteiger charge is 2.50. The molecule has 2 aromatic rings. The summed E-state index contributed by atoms with van der Waals surface area (Å²) in [6.07, 6.45) is 5.00. The molecule has 4 heterocycles. The highest BCUT2D eigenvalue weighted by atomic mass is 35.5. The van der Waals surface area contributed by atoms with Gasteiger partial charge in [-0.2, -0.15) is 5.10 Å². The van der Waals surface area contributed by atoms with E-state index < -0.39 is 7.12 Å². The normalized spacial score (nSPS) is 24.9. The van der Waals surface area contributed by atoms with Crippen molar-refractivity contribution in [2.45, 2.75) is 64.4 Å². The minimum absolute atomic E-state index is 0.0665. The Morgan fingerprint density at radius 2 is 1.93 bits per heavy atom. The summed E-state index contributed by atoms with van der Waals surface area (Å²) in [6, 6.07) is 3.73. The van der Waals surface area contributed by atoms with Gasteiger partial charge in [0.15, 0.2) is 6.23 Å². The number of ether oxygens (including phenoxy) is 1. The number of fused-ring (bicyclic) bond motifs is 1. The molecule has 144 valence electrons. The number of aromatic nitrogens is 3. The molecule has 0 spiro atoms. The monoisotopic (exact) mass is 389 g/mol. The predicted octanol–water partition coefficient (Wildman–Crippen LogP) is 4.43. The Kier molecular flexibility index (Phi) is 4.83. The first-order valence-electron chi connectivity index (χ1n) is 9.47. The average molecular weight is 390 g/mol. The minimum atomic E-state index is -0.430. The highest BCUT2D eigenvalue weighted by Crippen LogP contribution is 2.37. The molecule has 27 heavy (non-hydrogen) atoms. The van der Waals surface area contributed by atoms with Crippen LogP contribution in [-0.4, -0.2) is 39.7 Å². The van der Waals surface area contributed by atoms with E-state index in [-0.39, 0.29) is 17.4 Å². The number of halogens is 1. The Morgan fingerprint density at radius 1 is 1.19 bits per heavy atom. The number of nitrogens with zero attached hydrogens (tertiary/aromatic N) is 3. The molecular weight excluding hydrogens is 364 g/mol. The molecule has 2 aliphatic rings. The topological polar surface area (TPSA) is 58.4 Å². The van der Waals surface area contributed by atoms with Gasteiger partial charge in [0.1, 0.15) is 16.4 Å². The molecule has 0 bridgehead atoms. The van der Waals surface area contributed by atoms with Crippen molar-refractivity contribution in [3.05, 3.63) is 29.0 Å². The van der Waals surface area contributed by atoms with Gasteiger partial charge in [0, 0.05) is 6.61 Å². The minimum Gasteiger partial charge on any atom is -0.400 e. The van der Waals surface area contributed by atoms with Gasteiger partial charge in [0.05, 0.1) is 16.7 Å². The smallest absolute Gasteiger partial charge is 0.400 e. The Bertz CT molecular complexity index is 858. The molecule has 0 amide bonds. The van der Waals surface area contributed by atoms with E-state index in [1.807, 2.05) is 50.5 Å². The summed E-state index contributed by atoms with van der Waals surface area (Å²) in [6.45, 7) is 8.89. The summed E-state index contributed by atoms with van der Waals surface area (Å²) >= 11 is 6.13. The molecule has 0 N–H and O–H groups in total. The maximum Gasteiger partial charge on any atom is 0.487 e. The van der Waals surface area contributed by atoms with E-state index in [9.17, 15) is 0 Å². The Balaban J connectivity index is 1.66. The zero-order valence-electron chi connectivity index (χ0n) is 16.2. The molecule has 2 aliphatic heterocycles. The van der Waals surface area contributed by atoms with Crippen molar-refractivity contribution in [3.63, 3.8) is 0 Å². The molecular formula is C19H25BClN3O3. The van der Waals surface area contributed by atoms with Gasteiger partial charge >= 0.3 is 7.12 Å². The summed E-state index contributed by atoms with van der Waals surface area (Å²) in [7, 11) is -0.430. The summed E-state index contributed by atoms with van der Waals surface area (Å²) in [4.78, 5) is 4.49. The molecule has 0 saturated carbocycles. The van der Waals surface area contributed by atoms with Gasteiger partial charge in [-0.15, -0.1) is 0 Å². The highest BCUT2D eigenvalue weighted by molar-refractivity contribution is 6.52. The maximum atomic E-state index is 6.13. The zero-order valence-corrected chi connectivity index (χ0v) is 17.0. The molecule has 2 saturated heterocycles. The Morgan fingerprint density at radius 3 is 2.59 bits per heavy atom. The van der Waals surface area contributed by atoms with Crippen LogP contribution in [0.1, 0.15) is 58.9 Å². The van der Waals surface area contributed by atoms with Crippen molar-refractivity contribution in [2.75, 3.05) is 6.61 Å². The molecule has 1 atom stereocenters. The predicted molar refractivity (Wildman–Crippen MR) is 106 cm³/mol. The van der Waals surface area contributed by atoms with Gasteiger partial charge in [0.25, 0.3) is 0 Å². The lowest BCUT2D eigenvalue weighted by Crippen LogP contribution is -2.41. The maximum absolute atomic E-state index is 6.13. The Labute approximate surface area is 165 Å². The van der Waals surface area contributed by atoms with Crippen LogP contribution in [0.5, 0.6) is 0 Å². The standard InChI is InChI=1S/C19H25BClN3O3/c1-18(2)19(3,4)27-20(26-18)11-10-13-17-14(8-9-15(21)22-17)24(23-13)16-7-5-6-12-25-16/h8-11,16H,5-7,12H2,1-4H3/b11-10+. The first kappa shape index (κ1) is 18.9. The first-order valence-corrected chi connectivity index (χ1v) is 9.85. The average Bonchev–Trinajstić information content (AvgIpc) is 3.07. The third-order valence-corrected chi connectivity index (χ3v) is 5.87. The second-order valence-corrected chi connectivity index (χ2v) is 8.52. The molecule has 2 aromatic heterocycles. The van der Waals surface area contributed by atoms with Crippen molar-refractivity contribution < 1.29 is 14.0 Å². The quantitative estimate of drug-likeness (QED) is 0.574. The summed E-state index contributed by atoms with van der Waals surface area (Å²) in [5.74, 6) is 1.88. The van der Waals surface area contributed by atoms with Gasteiger partial charge in [-0.1, -0.05) is 17.6 Å². The molecule has 0 aromatic carbocycles. The van der Waals surface area contributed by atoms with E-state index in [2.05, 4.69) is 4.98 Å². The van der Waals surface area contributed by atoms with Crippen molar-refractivity contribution in [1.29, 1.82) is 0 Å². The molecule has 0 aliphatic carbocycles. The van der Waals surface area contributed by atoms with Crippen LogP contribution >= 0.6 is 11.6 Å². The van der Waals surface area contributed by atoms with Crippen molar-refractivity contribution in [1.82, 2.24) is 14.8 Å². The van der Waals surface area contributed by atoms with Gasteiger partial charge < -0.3 is 14.0 Å². The van der Waals surface area contributed by atoms with Gasteiger partial charge in [-0.3, -0.25) is 0 Å². The summed E-state index contributed by atoms with van der Waals surface area (Å²) in [5.41, 5.74) is 1.66. The van der Waals surface area contributed by atoms with Crippen LogP contribution in [-0.2, 0) is 14.0 Å². The van der Waals surface area contributed by atoms with Crippen LogP contribution in [0, 0.1) is 0 Å². The van der Waals surface area contributed by atoms with E-state index in [1.54, 1.807) is 6.07 Å². The van der Waals surface area contributed by atoms with E-state index in [4.69, 9.17) is 30.7 Å². The lowest BCUT2D eigenvalue weighted by molar-refractivity contribution is -0.0367. The fraction of sp³-hybridized carbons (Fsp3) is 0.579. The van der Waals surface area contributed by atoms with Gasteiger partial charge in [-0.25, -0.2) is 9.67 Å². The van der Waals surface area contributed by atoms with Crippen LogP contribution in [0.2, 0.25) is 5.15 Å². The number of rotatable bonds is 3. The number of hydrogen-bond donors (Lipinski definition) is 0. The van der Waals surface area contributed by atoms with Gasteiger partial charge in [-0.05, 0) is 65.2 Å². The van der Waals surface area contributed by atoms with E-state index in [0.717, 1.165) is 42.6 Å². The molecule has 2 fully saturated rings. The molecule has 1 unspecified atom stereocenters. The second-order valence-electron chi connectivity index (χ2n) is 8.14. The van der Waals surface area contributed by atoms with Crippen LogP contribution in [0.4, 0.5) is 0 Å². The fourth-order valence-electron chi connectivity index (χ4n) is 3.40. The lowest BCUT2D eigenvalue weighted by Gasteiger charge is -2.32. The van der Waals surface area contributed by atoms with E-state index >= 15 is 0 Å².